The van der Waals surface area contributed by atoms with E-state index in [4.69, 9.17) is 9.47 Å². The summed E-state index contributed by atoms with van der Waals surface area (Å²) in [5.41, 5.74) is 0.549. The van der Waals surface area contributed by atoms with Crippen molar-refractivity contribution in [2.75, 3.05) is 14.1 Å². The predicted molar refractivity (Wildman–Crippen MR) is 63.3 cm³/mol. The molecule has 1 N–H and O–H groups in total. The van der Waals surface area contributed by atoms with Crippen molar-refractivity contribution in [1.82, 2.24) is 4.90 Å². The van der Waals surface area contributed by atoms with Crippen LogP contribution >= 0.6 is 0 Å². The Hall–Kier alpha value is -0.910. The Balaban J connectivity index is 2.93. The largest absolute Gasteiger partial charge is 0.386 e. The fourth-order valence-corrected chi connectivity index (χ4v) is 1.75. The molecule has 1 fully saturated rings. The lowest BCUT2D eigenvalue weighted by atomic mass is 10.0. The number of rotatable bonds is 3. The Kier molecular flexibility index (Phi) is 3.96. The van der Waals surface area contributed by atoms with Crippen LogP contribution in [0.25, 0.3) is 0 Å². The van der Waals surface area contributed by atoms with Crippen LogP contribution in [0.5, 0.6) is 0 Å². The van der Waals surface area contributed by atoms with Gasteiger partial charge < -0.3 is 19.5 Å². The van der Waals surface area contributed by atoms with Gasteiger partial charge in [-0.3, -0.25) is 4.79 Å². The lowest BCUT2D eigenvalue weighted by molar-refractivity contribution is -0.162. The normalized spacial score (nSPS) is 28.8. The summed E-state index contributed by atoms with van der Waals surface area (Å²) in [6.07, 6.45) is -2.42. The van der Waals surface area contributed by atoms with E-state index in [1.807, 2.05) is 0 Å². The SMILES string of the molecule is C=C(C)[C@@H](O)[C@@H]1OC(C)(C)O[C@H]1C(=O)N(C)C. The summed E-state index contributed by atoms with van der Waals surface area (Å²) in [6, 6.07) is 0. The van der Waals surface area contributed by atoms with Crippen LogP contribution in [0.4, 0.5) is 0 Å². The average Bonchev–Trinajstić information content (AvgIpc) is 2.51. The lowest BCUT2D eigenvalue weighted by Gasteiger charge is -2.23. The van der Waals surface area contributed by atoms with Crippen molar-refractivity contribution in [3.05, 3.63) is 12.2 Å². The van der Waals surface area contributed by atoms with E-state index in [9.17, 15) is 9.90 Å². The van der Waals surface area contributed by atoms with Crippen molar-refractivity contribution in [2.45, 2.75) is 44.9 Å². The summed E-state index contributed by atoms with van der Waals surface area (Å²) in [4.78, 5) is 13.4. The van der Waals surface area contributed by atoms with E-state index in [-0.39, 0.29) is 5.91 Å². The van der Waals surface area contributed by atoms with Gasteiger partial charge in [0.2, 0.25) is 0 Å². The van der Waals surface area contributed by atoms with Gasteiger partial charge in [0.15, 0.2) is 11.9 Å². The molecular weight excluding hydrogens is 222 g/mol. The summed E-state index contributed by atoms with van der Waals surface area (Å²) in [5.74, 6) is -1.10. The number of aliphatic hydroxyl groups is 1. The fourth-order valence-electron chi connectivity index (χ4n) is 1.75. The zero-order chi connectivity index (χ0) is 13.4. The summed E-state index contributed by atoms with van der Waals surface area (Å²) < 4.78 is 11.1. The Morgan fingerprint density at radius 2 is 1.94 bits per heavy atom. The first kappa shape index (κ1) is 14.2. The van der Waals surface area contributed by atoms with E-state index in [1.165, 1.54) is 4.90 Å². The summed E-state index contributed by atoms with van der Waals surface area (Å²) in [7, 11) is 3.28. The third-order valence-corrected chi connectivity index (χ3v) is 2.63. The number of likely N-dealkylation sites (N-methyl/N-ethyl adjacent to an activating group) is 1. The van der Waals surface area contributed by atoms with Crippen LogP contribution in [0, 0.1) is 0 Å². The van der Waals surface area contributed by atoms with Gasteiger partial charge in [0, 0.05) is 14.1 Å². The number of nitrogens with zero attached hydrogens (tertiary/aromatic N) is 1. The number of hydrogen-bond donors (Lipinski definition) is 1. The molecule has 0 spiro atoms. The second kappa shape index (κ2) is 4.76. The summed E-state index contributed by atoms with van der Waals surface area (Å²) in [5, 5.41) is 9.98. The minimum Gasteiger partial charge on any atom is -0.386 e. The fraction of sp³-hybridized carbons (Fsp3) is 0.750. The number of aliphatic hydroxyl groups excluding tert-OH is 1. The van der Waals surface area contributed by atoms with Crippen LogP contribution in [0.2, 0.25) is 0 Å². The molecule has 1 aliphatic rings. The molecule has 1 heterocycles. The monoisotopic (exact) mass is 243 g/mol. The lowest BCUT2D eigenvalue weighted by Crippen LogP contribution is -2.45. The molecule has 5 nitrogen and oxygen atoms in total. The van der Waals surface area contributed by atoms with Crippen LogP contribution in [-0.4, -0.2) is 54.1 Å². The van der Waals surface area contributed by atoms with Gasteiger partial charge in [-0.05, 0) is 26.3 Å². The molecule has 98 valence electrons. The number of carbonyl (C=O) groups is 1. The predicted octanol–water partition coefficient (Wildman–Crippen LogP) is 0.532. The molecule has 0 saturated carbocycles. The second-order valence-electron chi connectivity index (χ2n) is 5.04. The van der Waals surface area contributed by atoms with E-state index in [0.717, 1.165) is 0 Å². The maximum atomic E-state index is 12.0. The van der Waals surface area contributed by atoms with Gasteiger partial charge in [0.05, 0.1) is 0 Å². The molecule has 0 bridgehead atoms. The highest BCUT2D eigenvalue weighted by Crippen LogP contribution is 2.32. The van der Waals surface area contributed by atoms with Gasteiger partial charge in [-0.25, -0.2) is 0 Å². The van der Waals surface area contributed by atoms with Crippen molar-refractivity contribution < 1.29 is 19.4 Å². The maximum Gasteiger partial charge on any atom is 0.254 e. The van der Waals surface area contributed by atoms with E-state index < -0.39 is 24.1 Å². The Morgan fingerprint density at radius 3 is 2.35 bits per heavy atom. The summed E-state index contributed by atoms with van der Waals surface area (Å²) >= 11 is 0. The van der Waals surface area contributed by atoms with Crippen LogP contribution in [0.1, 0.15) is 20.8 Å². The highest BCUT2D eigenvalue weighted by molar-refractivity contribution is 5.81. The Morgan fingerprint density at radius 1 is 1.41 bits per heavy atom. The topological polar surface area (TPSA) is 59.0 Å². The highest BCUT2D eigenvalue weighted by Gasteiger charge is 2.48. The van der Waals surface area contributed by atoms with Crippen molar-refractivity contribution >= 4 is 5.91 Å². The Labute approximate surface area is 102 Å². The second-order valence-corrected chi connectivity index (χ2v) is 5.04. The van der Waals surface area contributed by atoms with Crippen molar-refractivity contribution in [1.29, 1.82) is 0 Å². The van der Waals surface area contributed by atoms with E-state index >= 15 is 0 Å². The zero-order valence-electron chi connectivity index (χ0n) is 11.1. The van der Waals surface area contributed by atoms with Crippen LogP contribution in [-0.2, 0) is 14.3 Å². The van der Waals surface area contributed by atoms with Crippen LogP contribution in [0.15, 0.2) is 12.2 Å². The molecule has 1 saturated heterocycles. The molecule has 17 heavy (non-hydrogen) atoms. The van der Waals surface area contributed by atoms with E-state index in [2.05, 4.69) is 6.58 Å². The van der Waals surface area contributed by atoms with Gasteiger partial charge in [0.25, 0.3) is 5.91 Å². The summed E-state index contributed by atoms with van der Waals surface area (Å²) in [6.45, 7) is 8.80. The van der Waals surface area contributed by atoms with Crippen molar-refractivity contribution in [2.24, 2.45) is 0 Å². The van der Waals surface area contributed by atoms with Gasteiger partial charge in [-0.2, -0.15) is 0 Å². The first-order valence-electron chi connectivity index (χ1n) is 5.56. The number of amides is 1. The molecule has 0 radical (unpaired) electrons. The molecule has 0 aliphatic carbocycles. The van der Waals surface area contributed by atoms with Crippen molar-refractivity contribution in [3.8, 4) is 0 Å². The van der Waals surface area contributed by atoms with Gasteiger partial charge in [0.1, 0.15) is 12.2 Å². The first-order chi connectivity index (χ1) is 7.65. The number of hydrogen-bond acceptors (Lipinski definition) is 4. The third kappa shape index (κ3) is 3.06. The molecule has 0 aromatic heterocycles. The number of ether oxygens (including phenoxy) is 2. The molecule has 0 aromatic carbocycles. The molecular formula is C12H21NO4. The highest BCUT2D eigenvalue weighted by atomic mass is 16.8. The minimum atomic E-state index is -0.911. The molecule has 1 rings (SSSR count). The van der Waals surface area contributed by atoms with Gasteiger partial charge in [-0.15, -0.1) is 0 Å². The molecule has 1 aliphatic heterocycles. The molecule has 0 aromatic rings. The first-order valence-corrected chi connectivity index (χ1v) is 5.56. The third-order valence-electron chi connectivity index (χ3n) is 2.63. The standard InChI is InChI=1S/C12H21NO4/c1-7(2)8(14)9-10(11(15)13(5)6)17-12(3,4)16-9/h8-10,14H,1H2,2-6H3/t8-,9+,10-/m1/s1. The molecule has 5 heteroatoms. The quantitative estimate of drug-likeness (QED) is 0.735. The molecule has 3 atom stereocenters. The van der Waals surface area contributed by atoms with E-state index in [1.54, 1.807) is 34.9 Å². The maximum absolute atomic E-state index is 12.0. The van der Waals surface area contributed by atoms with Gasteiger partial charge >= 0.3 is 0 Å². The van der Waals surface area contributed by atoms with E-state index in [0.29, 0.717) is 5.57 Å². The number of carbonyl (C=O) groups excluding carboxylic acids is 1. The average molecular weight is 243 g/mol. The smallest absolute Gasteiger partial charge is 0.254 e. The zero-order valence-corrected chi connectivity index (χ0v) is 11.1. The molecule has 1 amide bonds. The van der Waals surface area contributed by atoms with Crippen LogP contribution < -0.4 is 0 Å². The van der Waals surface area contributed by atoms with Crippen LogP contribution in [0.3, 0.4) is 0 Å². The molecule has 0 unspecified atom stereocenters. The Bertz CT molecular complexity index is 324. The van der Waals surface area contributed by atoms with Crippen molar-refractivity contribution in [3.63, 3.8) is 0 Å². The minimum absolute atomic E-state index is 0.221. The van der Waals surface area contributed by atoms with Gasteiger partial charge in [-0.1, -0.05) is 6.58 Å².